The van der Waals surface area contributed by atoms with Crippen LogP contribution in [0.2, 0.25) is 0 Å². The van der Waals surface area contributed by atoms with E-state index < -0.39 is 0 Å². The Labute approximate surface area is 58.3 Å². The van der Waals surface area contributed by atoms with Gasteiger partial charge in [-0.3, -0.25) is 0 Å². The second-order valence-electron chi connectivity index (χ2n) is 0. The summed E-state index contributed by atoms with van der Waals surface area (Å²) in [5.41, 5.74) is 0. The Morgan fingerprint density at radius 1 is 1.17 bits per heavy atom. The Morgan fingerprint density at radius 3 is 1.17 bits per heavy atom. The molecule has 0 aliphatic rings. The molecule has 0 aromatic carbocycles. The number of hydrogen-bond donors (Lipinski definition) is 0. The summed E-state index contributed by atoms with van der Waals surface area (Å²) in [4.78, 5) is 0. The molecule has 3 nitrogen and oxygen atoms in total. The molecule has 0 saturated carbocycles. The van der Waals surface area contributed by atoms with E-state index in [1.54, 1.807) is 0 Å². The molecule has 0 fully saturated rings. The molecular formula is HAlO3SiTi. The Hall–Kier alpha value is 0.864. The van der Waals surface area contributed by atoms with Gasteiger partial charge >= 0.3 is 53.9 Å². The molecule has 0 amide bonds. The van der Waals surface area contributed by atoms with Gasteiger partial charge in [0, 0.05) is 0 Å². The zero-order valence-corrected chi connectivity index (χ0v) is 6.75. The third-order valence-electron chi connectivity index (χ3n) is 0. The van der Waals surface area contributed by atoms with Crippen LogP contribution in [0.3, 0.4) is 0 Å². The summed E-state index contributed by atoms with van der Waals surface area (Å²) in [6.45, 7) is 0. The van der Waals surface area contributed by atoms with Crippen molar-refractivity contribution in [2.45, 2.75) is 0 Å². The first-order valence-corrected chi connectivity index (χ1v) is 2.26. The van der Waals surface area contributed by atoms with Gasteiger partial charge < -0.3 is 4.46 Å². The minimum atomic E-state index is 0.750. The van der Waals surface area contributed by atoms with Gasteiger partial charge in [0.25, 0.3) is 0 Å². The molecule has 0 rings (SSSR count). The molecule has 0 aromatic rings. The predicted octanol–water partition coefficient (Wildman–Crippen LogP) is -1.39. The molecule has 2 radical (unpaired) electrons. The van der Waals surface area contributed by atoms with Gasteiger partial charge in [0.2, 0.25) is 0 Å². The molecule has 0 aliphatic heterocycles. The normalized spacial score (nSPS) is 1.67. The maximum atomic E-state index is 8.25. The van der Waals surface area contributed by atoms with E-state index in [1.807, 2.05) is 0 Å². The number of rotatable bonds is 0. The van der Waals surface area contributed by atoms with Crippen LogP contribution in [-0.4, -0.2) is 26.4 Å². The van der Waals surface area contributed by atoms with E-state index in [0.29, 0.717) is 0 Å². The van der Waals surface area contributed by atoms with Crippen molar-refractivity contribution >= 4 is 26.4 Å². The predicted molar refractivity (Wildman–Crippen MR) is 15.0 cm³/mol. The summed E-state index contributed by atoms with van der Waals surface area (Å²) < 4.78 is 24.6. The standard InChI is InChI=1S/Al.HOSi.2O.Ti/c;1-2;;;/h;2H;;;. The minimum absolute atomic E-state index is 0.750. The molecule has 0 spiro atoms. The molecule has 0 atom stereocenters. The van der Waals surface area contributed by atoms with Crippen molar-refractivity contribution in [1.29, 1.82) is 0 Å². The average Bonchev–Trinajstić information content (AvgIpc) is 1.81. The van der Waals surface area contributed by atoms with Crippen LogP contribution in [-0.2, 0) is 32.0 Å². The van der Waals surface area contributed by atoms with Gasteiger partial charge in [-0.15, -0.1) is 0 Å². The molecule has 6 heteroatoms. The first-order valence-electron chi connectivity index (χ1n) is 0.676. The van der Waals surface area contributed by atoms with Crippen molar-refractivity contribution in [2.24, 2.45) is 0 Å². The van der Waals surface area contributed by atoms with E-state index >= 15 is 0 Å². The summed E-state index contributed by atoms with van der Waals surface area (Å²) in [6, 6.07) is 0. The van der Waals surface area contributed by atoms with Gasteiger partial charge in [0.05, 0.1) is 0 Å². The van der Waals surface area contributed by atoms with Crippen molar-refractivity contribution < 1.29 is 32.0 Å². The fraction of sp³-hybridized carbons (Fsp3) is 0. The van der Waals surface area contributed by atoms with Crippen molar-refractivity contribution in [3.63, 3.8) is 0 Å². The van der Waals surface area contributed by atoms with Crippen LogP contribution in [0.5, 0.6) is 0 Å². The van der Waals surface area contributed by atoms with Crippen LogP contribution in [0.1, 0.15) is 0 Å². The van der Waals surface area contributed by atoms with Gasteiger partial charge in [-0.1, -0.05) is 0 Å². The molecule has 0 unspecified atom stereocenters. The Kier molecular flexibility index (Phi) is 490. The summed E-state index contributed by atoms with van der Waals surface area (Å²) in [5.74, 6) is 0. The van der Waals surface area contributed by atoms with Gasteiger partial charge in [-0.05, 0) is 0 Å². The first-order chi connectivity index (χ1) is 3.00. The van der Waals surface area contributed by atoms with Crippen molar-refractivity contribution in [3.05, 3.63) is 0 Å². The van der Waals surface area contributed by atoms with E-state index in [-0.39, 0.29) is 0 Å². The van der Waals surface area contributed by atoms with Crippen LogP contribution in [0.15, 0.2) is 0 Å². The van der Waals surface area contributed by atoms with Crippen LogP contribution in [0, 0.1) is 0 Å². The topological polar surface area (TPSA) is 51.2 Å². The summed E-state index contributed by atoms with van der Waals surface area (Å²) in [7, 11) is 1.17. The van der Waals surface area contributed by atoms with E-state index in [9.17, 15) is 0 Å². The molecule has 0 heterocycles. The monoisotopic (exact) mass is 152 g/mol. The first kappa shape index (κ1) is 15.8. The number of hydrogen-bond acceptors (Lipinski definition) is 3. The second kappa shape index (κ2) is 186. The van der Waals surface area contributed by atoms with Crippen LogP contribution in [0.25, 0.3) is 0 Å². The van der Waals surface area contributed by atoms with Gasteiger partial charge in [-0.25, -0.2) is 0 Å². The van der Waals surface area contributed by atoms with Crippen LogP contribution < -0.4 is 0 Å². The molecular weight excluding hydrogens is 151 g/mol. The summed E-state index contributed by atoms with van der Waals surface area (Å²) in [6.07, 6.45) is 0. The SMILES string of the molecule is O=[SiH].[O]=[Al].[O]=[Ti]. The molecule has 30 valence electrons. The molecule has 0 bridgehead atoms. The average molecular weight is 152 g/mol. The zero-order valence-electron chi connectivity index (χ0n) is 2.88. The Bertz CT molecular complexity index is 15.5. The van der Waals surface area contributed by atoms with Gasteiger partial charge in [-0.2, -0.15) is 0 Å². The van der Waals surface area contributed by atoms with E-state index in [4.69, 9.17) is 11.6 Å². The maximum absolute atomic E-state index is 8.25. The van der Waals surface area contributed by atoms with E-state index in [0.717, 1.165) is 20.4 Å². The fourth-order valence-corrected chi connectivity index (χ4v) is 0. The van der Waals surface area contributed by atoms with Crippen molar-refractivity contribution in [1.82, 2.24) is 0 Å². The molecule has 0 saturated heterocycles. The van der Waals surface area contributed by atoms with Crippen LogP contribution in [0.4, 0.5) is 0 Å². The molecule has 0 aliphatic carbocycles. The fourth-order valence-electron chi connectivity index (χ4n) is 0. The van der Waals surface area contributed by atoms with E-state index in [2.05, 4.69) is 0 Å². The van der Waals surface area contributed by atoms with Gasteiger partial charge in [0.1, 0.15) is 0 Å². The zero-order chi connectivity index (χ0) is 6.00. The van der Waals surface area contributed by atoms with Crippen molar-refractivity contribution in [2.75, 3.05) is 0 Å². The van der Waals surface area contributed by atoms with Crippen molar-refractivity contribution in [3.8, 4) is 0 Å². The van der Waals surface area contributed by atoms with Crippen LogP contribution >= 0.6 is 0 Å². The molecule has 0 aromatic heterocycles. The van der Waals surface area contributed by atoms with Gasteiger partial charge in [0.15, 0.2) is 0 Å². The Balaban J connectivity index is -0.0000000225. The summed E-state index contributed by atoms with van der Waals surface area (Å²) in [5, 5.41) is 0. The Morgan fingerprint density at radius 2 is 1.17 bits per heavy atom. The summed E-state index contributed by atoms with van der Waals surface area (Å²) >= 11 is 1.92. The van der Waals surface area contributed by atoms with E-state index in [1.165, 1.54) is 26.4 Å². The molecule has 0 N–H and O–H groups in total. The quantitative estimate of drug-likeness (QED) is 0.401. The third-order valence-corrected chi connectivity index (χ3v) is 0. The second-order valence-corrected chi connectivity index (χ2v) is 0. The molecule has 6 heavy (non-hydrogen) atoms. The third kappa shape index (κ3) is 97.3.